The summed E-state index contributed by atoms with van der Waals surface area (Å²) >= 11 is 0. The van der Waals surface area contributed by atoms with Crippen molar-refractivity contribution in [3.8, 4) is 0 Å². The van der Waals surface area contributed by atoms with Crippen LogP contribution in [0.2, 0.25) is 0 Å². The normalized spacial score (nSPS) is 25.7. The minimum absolute atomic E-state index is 0. The van der Waals surface area contributed by atoms with E-state index in [4.69, 9.17) is 0 Å². The minimum Gasteiger partial charge on any atom is -0.251 e. The third-order valence-corrected chi connectivity index (χ3v) is 7.60. The summed E-state index contributed by atoms with van der Waals surface area (Å²) in [6, 6.07) is 0. The minimum atomic E-state index is 0. The van der Waals surface area contributed by atoms with E-state index < -0.39 is 0 Å². The summed E-state index contributed by atoms with van der Waals surface area (Å²) in [5.41, 5.74) is 3.23. The molecule has 1 heteroatoms. The van der Waals surface area contributed by atoms with Crippen LogP contribution in [0.25, 0.3) is 0 Å². The summed E-state index contributed by atoms with van der Waals surface area (Å²) in [5, 5.41) is 0. The number of fused-ring (bicyclic) bond motifs is 2. The average Bonchev–Trinajstić information content (AvgIpc) is 3.50. The molecule has 0 bridgehead atoms. The van der Waals surface area contributed by atoms with Gasteiger partial charge in [0.1, 0.15) is 0 Å². The van der Waals surface area contributed by atoms with Crippen LogP contribution in [-0.2, 0) is 26.2 Å². The fourth-order valence-corrected chi connectivity index (χ4v) is 5.72. The van der Waals surface area contributed by atoms with Crippen molar-refractivity contribution in [3.05, 3.63) is 86.8 Å². The van der Waals surface area contributed by atoms with E-state index in [1.807, 2.05) is 0 Å². The Kier molecular flexibility index (Phi) is 26.0. The number of hydrogen-bond acceptors (Lipinski definition) is 0. The molecule has 0 radical (unpaired) electrons. The largest absolute Gasteiger partial charge is 4.00 e. The molecular weight excluding hydrogens is 524 g/mol. The molecule has 0 N–H and O–H groups in total. The number of hydrogen-bond donors (Lipinski definition) is 0. The van der Waals surface area contributed by atoms with Crippen LogP contribution in [0.3, 0.4) is 0 Å². The molecule has 0 heterocycles. The summed E-state index contributed by atoms with van der Waals surface area (Å²) in [7, 11) is 0. The Labute approximate surface area is 252 Å². The molecule has 2 unspecified atom stereocenters. The van der Waals surface area contributed by atoms with Gasteiger partial charge in [0, 0.05) is 0 Å². The second kappa shape index (κ2) is 26.7. The number of rotatable bonds is 0. The van der Waals surface area contributed by atoms with E-state index in [1.165, 1.54) is 141 Å². The first-order valence-corrected chi connectivity index (χ1v) is 15.1. The summed E-state index contributed by atoms with van der Waals surface area (Å²) in [4.78, 5) is 0. The van der Waals surface area contributed by atoms with Gasteiger partial charge < -0.3 is 0 Å². The SMILES string of the molecule is C=C[CH2-].C=C[CH2-].[C-]1=C2CCCC2CCCCCCC/C=C\1.[C-]1=C2CCCC2CCCCCCC/C=C\1.[Zr+4]. The van der Waals surface area contributed by atoms with Crippen molar-refractivity contribution < 1.29 is 26.2 Å². The maximum atomic E-state index is 3.54. The molecule has 4 rings (SSSR count). The predicted octanol–water partition coefficient (Wildman–Crippen LogP) is 11.6. The van der Waals surface area contributed by atoms with Gasteiger partial charge in [-0.05, 0) is 50.4 Å². The van der Waals surface area contributed by atoms with Gasteiger partial charge in [-0.15, -0.1) is 12.8 Å². The molecule has 2 fully saturated rings. The predicted molar refractivity (Wildman–Crippen MR) is 162 cm³/mol. The average molecular weight is 580 g/mol. The third-order valence-electron chi connectivity index (χ3n) is 7.60. The quantitative estimate of drug-likeness (QED) is 0.250. The van der Waals surface area contributed by atoms with Crippen molar-refractivity contribution in [1.82, 2.24) is 0 Å². The van der Waals surface area contributed by atoms with Crippen molar-refractivity contribution in [1.29, 1.82) is 0 Å². The van der Waals surface area contributed by atoms with Crippen molar-refractivity contribution in [2.45, 2.75) is 128 Å². The summed E-state index contributed by atoms with van der Waals surface area (Å²) < 4.78 is 0. The second-order valence-electron chi connectivity index (χ2n) is 10.6. The molecular formula is C36H56Zr. The van der Waals surface area contributed by atoms with Gasteiger partial charge in [0.25, 0.3) is 0 Å². The molecule has 0 aromatic heterocycles. The standard InChI is InChI=1S/2C15H23.2C3H5.Zr/c2*1-2-4-6-8-11-15-13-9-12-14(15)10-7-5-3-1;2*1-3-2;/h2*5,7,15H,1-4,6,8-9,11-13H2;2*3H,1-2H2;/q4*-1;+4/b2*7-5-;;;. The van der Waals surface area contributed by atoms with Crippen LogP contribution in [0.5, 0.6) is 0 Å². The van der Waals surface area contributed by atoms with Gasteiger partial charge in [0.05, 0.1) is 0 Å². The molecule has 0 aromatic rings. The Balaban J connectivity index is 0.000000566. The van der Waals surface area contributed by atoms with Gasteiger partial charge in [-0.2, -0.15) is 11.1 Å². The number of allylic oxidation sites excluding steroid dienone is 10. The van der Waals surface area contributed by atoms with E-state index >= 15 is 0 Å². The Morgan fingerprint density at radius 3 is 1.30 bits per heavy atom. The van der Waals surface area contributed by atoms with Gasteiger partial charge in [-0.3, -0.25) is 12.2 Å². The molecule has 0 spiro atoms. The Morgan fingerprint density at radius 1 is 0.568 bits per heavy atom. The van der Waals surface area contributed by atoms with E-state index in [1.54, 1.807) is 11.1 Å². The van der Waals surface area contributed by atoms with E-state index in [-0.39, 0.29) is 26.2 Å². The molecule has 0 nitrogen and oxygen atoms in total. The van der Waals surface area contributed by atoms with Crippen molar-refractivity contribution in [2.24, 2.45) is 11.8 Å². The van der Waals surface area contributed by atoms with Crippen molar-refractivity contribution in [2.75, 3.05) is 0 Å². The smallest absolute Gasteiger partial charge is 0.251 e. The molecule has 0 saturated heterocycles. The Bertz CT molecular complexity index is 604. The second-order valence-corrected chi connectivity index (χ2v) is 10.6. The molecule has 2 atom stereocenters. The molecule has 0 aliphatic heterocycles. The fraction of sp³-hybridized carbons (Fsp3) is 0.611. The Hall–Kier alpha value is -0.937. The molecule has 2 saturated carbocycles. The molecule has 0 amide bonds. The van der Waals surface area contributed by atoms with Crippen LogP contribution >= 0.6 is 0 Å². The van der Waals surface area contributed by atoms with Crippen LogP contribution in [-0.4, -0.2) is 0 Å². The molecule has 0 aromatic carbocycles. The zero-order valence-corrected chi connectivity index (χ0v) is 26.5. The topological polar surface area (TPSA) is 0 Å². The first-order chi connectivity index (χ1) is 17.8. The third kappa shape index (κ3) is 18.9. The van der Waals surface area contributed by atoms with Crippen molar-refractivity contribution in [3.63, 3.8) is 0 Å². The van der Waals surface area contributed by atoms with Gasteiger partial charge in [-0.1, -0.05) is 77.0 Å². The Morgan fingerprint density at radius 2 is 0.892 bits per heavy atom. The summed E-state index contributed by atoms with van der Waals surface area (Å²) in [6.07, 6.45) is 47.0. The summed E-state index contributed by atoms with van der Waals surface area (Å²) in [6.45, 7) is 13.0. The van der Waals surface area contributed by atoms with E-state index in [0.29, 0.717) is 0 Å². The van der Waals surface area contributed by atoms with Gasteiger partial charge >= 0.3 is 26.2 Å². The first kappa shape index (κ1) is 36.1. The molecule has 4 aliphatic carbocycles. The van der Waals surface area contributed by atoms with Crippen LogP contribution in [0.4, 0.5) is 0 Å². The van der Waals surface area contributed by atoms with Crippen molar-refractivity contribution >= 4 is 0 Å². The first-order valence-electron chi connectivity index (χ1n) is 15.1. The van der Waals surface area contributed by atoms with Gasteiger partial charge in [-0.25, -0.2) is 63.5 Å². The van der Waals surface area contributed by atoms with Gasteiger partial charge in [0.2, 0.25) is 0 Å². The molecule has 4 aliphatic rings. The van der Waals surface area contributed by atoms with E-state index in [0.717, 1.165) is 11.8 Å². The monoisotopic (exact) mass is 578 g/mol. The molecule has 37 heavy (non-hydrogen) atoms. The fourth-order valence-electron chi connectivity index (χ4n) is 5.72. The van der Waals surface area contributed by atoms with E-state index in [2.05, 4.69) is 63.5 Å². The van der Waals surface area contributed by atoms with Crippen LogP contribution in [0.15, 0.2) is 60.8 Å². The van der Waals surface area contributed by atoms with Gasteiger partial charge in [0.15, 0.2) is 0 Å². The maximum Gasteiger partial charge on any atom is 4.00 e. The summed E-state index contributed by atoms with van der Waals surface area (Å²) in [5.74, 6) is 1.77. The maximum absolute atomic E-state index is 3.54. The van der Waals surface area contributed by atoms with Crippen LogP contribution in [0, 0.1) is 37.8 Å². The van der Waals surface area contributed by atoms with Crippen LogP contribution < -0.4 is 0 Å². The van der Waals surface area contributed by atoms with Crippen LogP contribution in [0.1, 0.15) is 128 Å². The molecule has 204 valence electrons. The van der Waals surface area contributed by atoms with E-state index in [9.17, 15) is 0 Å². The zero-order chi connectivity index (χ0) is 26.1. The zero-order valence-electron chi connectivity index (χ0n) is 24.1.